The second kappa shape index (κ2) is 4.89. The number of aromatic nitrogens is 4. The Hall–Kier alpha value is -2.48. The first kappa shape index (κ1) is 12.5. The summed E-state index contributed by atoms with van der Waals surface area (Å²) in [5.41, 5.74) is 2.02. The molecule has 102 valence electrons. The van der Waals surface area contributed by atoms with Gasteiger partial charge in [0.05, 0.1) is 0 Å². The highest BCUT2D eigenvalue weighted by molar-refractivity contribution is 7.08. The van der Waals surface area contributed by atoms with Gasteiger partial charge in [0.2, 0.25) is 0 Å². The van der Waals surface area contributed by atoms with Crippen LogP contribution < -0.4 is 5.32 Å². The van der Waals surface area contributed by atoms with Crippen LogP contribution in [0.25, 0.3) is 11.5 Å². The summed E-state index contributed by atoms with van der Waals surface area (Å²) in [6, 6.07) is 3.61. The van der Waals surface area contributed by atoms with Gasteiger partial charge in [0, 0.05) is 23.7 Å². The van der Waals surface area contributed by atoms with E-state index in [2.05, 4.69) is 20.6 Å². The van der Waals surface area contributed by atoms with Gasteiger partial charge in [-0.05, 0) is 24.4 Å². The van der Waals surface area contributed by atoms with Gasteiger partial charge in [-0.2, -0.15) is 16.4 Å². The summed E-state index contributed by atoms with van der Waals surface area (Å²) in [6.07, 6.45) is 0. The first-order valence-corrected chi connectivity index (χ1v) is 6.76. The number of hydrogen-bond acceptors (Lipinski definition) is 6. The van der Waals surface area contributed by atoms with Gasteiger partial charge in [-0.3, -0.25) is 14.8 Å². The Morgan fingerprint density at radius 3 is 2.95 bits per heavy atom. The predicted octanol–water partition coefficient (Wildman–Crippen LogP) is 2.09. The van der Waals surface area contributed by atoms with Crippen molar-refractivity contribution in [1.29, 1.82) is 0 Å². The molecule has 0 bridgehead atoms. The van der Waals surface area contributed by atoms with Crippen LogP contribution in [0.2, 0.25) is 0 Å². The van der Waals surface area contributed by atoms with Gasteiger partial charge < -0.3 is 4.42 Å². The number of aryl methyl sites for hydroxylation is 2. The smallest absolute Gasteiger partial charge is 0.322 e. The molecule has 0 aliphatic carbocycles. The molecule has 1 amide bonds. The van der Waals surface area contributed by atoms with Crippen LogP contribution >= 0.6 is 11.3 Å². The van der Waals surface area contributed by atoms with Crippen molar-refractivity contribution in [3.05, 3.63) is 34.3 Å². The fourth-order valence-corrected chi connectivity index (χ4v) is 2.24. The molecule has 0 aromatic carbocycles. The van der Waals surface area contributed by atoms with Crippen LogP contribution in [-0.4, -0.2) is 25.9 Å². The maximum absolute atomic E-state index is 12.0. The lowest BCUT2D eigenvalue weighted by Gasteiger charge is -1.95. The maximum atomic E-state index is 12.0. The van der Waals surface area contributed by atoms with E-state index in [9.17, 15) is 4.79 Å². The lowest BCUT2D eigenvalue weighted by Crippen LogP contribution is -2.13. The zero-order valence-electron chi connectivity index (χ0n) is 10.8. The first-order chi connectivity index (χ1) is 9.63. The number of thiophene rings is 1. The van der Waals surface area contributed by atoms with Crippen LogP contribution in [0.1, 0.15) is 16.2 Å². The molecule has 0 saturated heterocycles. The molecule has 20 heavy (non-hydrogen) atoms. The Bertz CT molecular complexity index is 724. The van der Waals surface area contributed by atoms with Crippen molar-refractivity contribution in [3.8, 4) is 11.5 Å². The Morgan fingerprint density at radius 2 is 2.30 bits per heavy atom. The largest absolute Gasteiger partial charge is 0.403 e. The van der Waals surface area contributed by atoms with Gasteiger partial charge in [0.15, 0.2) is 5.69 Å². The second-order valence-electron chi connectivity index (χ2n) is 4.17. The zero-order chi connectivity index (χ0) is 14.1. The molecule has 0 atom stereocenters. The molecule has 0 fully saturated rings. The van der Waals surface area contributed by atoms with Crippen molar-refractivity contribution in [3.63, 3.8) is 0 Å². The van der Waals surface area contributed by atoms with Gasteiger partial charge in [-0.15, -0.1) is 5.10 Å². The van der Waals surface area contributed by atoms with E-state index in [1.807, 2.05) is 23.8 Å². The van der Waals surface area contributed by atoms with Crippen molar-refractivity contribution in [2.24, 2.45) is 7.05 Å². The molecular formula is C12H11N5O2S. The quantitative estimate of drug-likeness (QED) is 0.798. The van der Waals surface area contributed by atoms with Gasteiger partial charge in [-0.1, -0.05) is 5.10 Å². The van der Waals surface area contributed by atoms with Crippen molar-refractivity contribution in [2.45, 2.75) is 6.92 Å². The Morgan fingerprint density at radius 1 is 1.45 bits per heavy atom. The second-order valence-corrected chi connectivity index (χ2v) is 4.95. The number of carbonyl (C=O) groups is 1. The van der Waals surface area contributed by atoms with E-state index in [1.54, 1.807) is 17.8 Å². The van der Waals surface area contributed by atoms with Crippen LogP contribution in [0.4, 0.5) is 6.01 Å². The third-order valence-corrected chi connectivity index (χ3v) is 3.44. The molecule has 0 saturated carbocycles. The van der Waals surface area contributed by atoms with Crippen LogP contribution in [0, 0.1) is 6.92 Å². The Balaban J connectivity index is 1.76. The summed E-state index contributed by atoms with van der Waals surface area (Å²) < 4.78 is 7.00. The molecule has 0 unspecified atom stereocenters. The van der Waals surface area contributed by atoms with Crippen molar-refractivity contribution < 1.29 is 9.21 Å². The third kappa shape index (κ3) is 2.32. The van der Waals surface area contributed by atoms with E-state index in [-0.39, 0.29) is 11.9 Å². The van der Waals surface area contributed by atoms with Crippen LogP contribution in [0.15, 0.2) is 27.3 Å². The molecular weight excluding hydrogens is 278 g/mol. The van der Waals surface area contributed by atoms with E-state index in [4.69, 9.17) is 4.42 Å². The molecule has 0 spiro atoms. The number of nitrogens with zero attached hydrogens (tertiary/aromatic N) is 4. The number of amides is 1. The Kier molecular flexibility index (Phi) is 3.07. The van der Waals surface area contributed by atoms with Crippen LogP contribution in [0.3, 0.4) is 0 Å². The first-order valence-electron chi connectivity index (χ1n) is 5.81. The molecule has 8 heteroatoms. The minimum Gasteiger partial charge on any atom is -0.403 e. The van der Waals surface area contributed by atoms with E-state index in [0.717, 1.165) is 11.3 Å². The zero-order valence-corrected chi connectivity index (χ0v) is 11.6. The lowest BCUT2D eigenvalue weighted by molar-refractivity contribution is 0.101. The SMILES string of the molecule is Cc1cc(C(=O)Nc2nnc(-c3ccsc3)o2)nn1C. The van der Waals surface area contributed by atoms with E-state index < -0.39 is 0 Å². The Labute approximate surface area is 118 Å². The highest BCUT2D eigenvalue weighted by Crippen LogP contribution is 2.22. The standard InChI is InChI=1S/C12H11N5O2S/c1-7-5-9(16-17(7)2)10(18)13-12-15-14-11(19-12)8-3-4-20-6-8/h3-6H,1-2H3,(H,13,15,18). The minimum atomic E-state index is -0.380. The molecule has 0 aliphatic heterocycles. The summed E-state index contributed by atoms with van der Waals surface area (Å²) in [6.45, 7) is 1.87. The molecule has 7 nitrogen and oxygen atoms in total. The van der Waals surface area contributed by atoms with Gasteiger partial charge >= 0.3 is 6.01 Å². The predicted molar refractivity (Wildman–Crippen MR) is 73.5 cm³/mol. The summed E-state index contributed by atoms with van der Waals surface area (Å²) in [4.78, 5) is 12.0. The topological polar surface area (TPSA) is 85.8 Å². The van der Waals surface area contributed by atoms with Gasteiger partial charge in [0.1, 0.15) is 0 Å². The molecule has 3 aromatic heterocycles. The van der Waals surface area contributed by atoms with Crippen LogP contribution in [-0.2, 0) is 7.05 Å². The van der Waals surface area contributed by atoms with Crippen molar-refractivity contribution in [1.82, 2.24) is 20.0 Å². The maximum Gasteiger partial charge on any atom is 0.322 e. The fraction of sp³-hybridized carbons (Fsp3) is 0.167. The van der Waals surface area contributed by atoms with Gasteiger partial charge in [-0.25, -0.2) is 0 Å². The molecule has 0 radical (unpaired) electrons. The monoisotopic (exact) mass is 289 g/mol. The third-order valence-electron chi connectivity index (χ3n) is 2.76. The fourth-order valence-electron chi connectivity index (χ4n) is 1.61. The average Bonchev–Trinajstić information content (AvgIpc) is 3.11. The molecule has 3 aromatic rings. The van der Waals surface area contributed by atoms with Crippen LogP contribution in [0.5, 0.6) is 0 Å². The summed E-state index contributed by atoms with van der Waals surface area (Å²) in [5.74, 6) is -0.00651. The van der Waals surface area contributed by atoms with Crippen molar-refractivity contribution >= 4 is 23.3 Å². The molecule has 3 heterocycles. The highest BCUT2D eigenvalue weighted by atomic mass is 32.1. The van der Waals surface area contributed by atoms with Gasteiger partial charge in [0.25, 0.3) is 11.8 Å². The number of rotatable bonds is 3. The highest BCUT2D eigenvalue weighted by Gasteiger charge is 2.15. The van der Waals surface area contributed by atoms with E-state index >= 15 is 0 Å². The van der Waals surface area contributed by atoms with E-state index in [0.29, 0.717) is 11.6 Å². The number of carbonyl (C=O) groups excluding carboxylic acids is 1. The number of nitrogens with one attached hydrogen (secondary N) is 1. The number of anilines is 1. The average molecular weight is 289 g/mol. The molecule has 3 rings (SSSR count). The molecule has 1 N–H and O–H groups in total. The normalized spacial score (nSPS) is 10.7. The van der Waals surface area contributed by atoms with Crippen molar-refractivity contribution in [2.75, 3.05) is 5.32 Å². The summed E-state index contributed by atoms with van der Waals surface area (Å²) in [5, 5.41) is 18.1. The van der Waals surface area contributed by atoms with E-state index in [1.165, 1.54) is 11.3 Å². The lowest BCUT2D eigenvalue weighted by atomic mass is 10.3. The summed E-state index contributed by atoms with van der Waals surface area (Å²) in [7, 11) is 1.77. The summed E-state index contributed by atoms with van der Waals surface area (Å²) >= 11 is 1.53. The number of hydrogen-bond donors (Lipinski definition) is 1. The molecule has 0 aliphatic rings. The minimum absolute atomic E-state index is 0.0551.